The lowest BCUT2D eigenvalue weighted by Crippen LogP contribution is -2.06. The number of methoxy groups -OCH3 is 2. The van der Waals surface area contributed by atoms with Crippen LogP contribution in [-0.2, 0) is 4.74 Å². The molecular formula is C14H22O4. The van der Waals surface area contributed by atoms with Crippen LogP contribution in [0.25, 0.3) is 0 Å². The van der Waals surface area contributed by atoms with E-state index in [0.29, 0.717) is 24.5 Å². The highest BCUT2D eigenvalue weighted by molar-refractivity contribution is 5.41. The molecular weight excluding hydrogens is 232 g/mol. The Morgan fingerprint density at radius 2 is 1.94 bits per heavy atom. The molecule has 1 aromatic rings. The fraction of sp³-hybridized carbons (Fsp3) is 0.571. The van der Waals surface area contributed by atoms with Crippen LogP contribution in [0.3, 0.4) is 0 Å². The van der Waals surface area contributed by atoms with Crippen LogP contribution < -0.4 is 9.47 Å². The molecule has 4 heteroatoms. The largest absolute Gasteiger partial charge is 0.497 e. The van der Waals surface area contributed by atoms with Gasteiger partial charge in [0.25, 0.3) is 0 Å². The third-order valence-corrected chi connectivity index (χ3v) is 2.68. The van der Waals surface area contributed by atoms with Crippen LogP contribution in [0.1, 0.15) is 31.4 Å². The predicted molar refractivity (Wildman–Crippen MR) is 70.2 cm³/mol. The number of aliphatic hydroxyl groups excluding tert-OH is 1. The first-order chi connectivity index (χ1) is 8.72. The highest BCUT2D eigenvalue weighted by atomic mass is 16.5. The third kappa shape index (κ3) is 4.20. The average molecular weight is 254 g/mol. The van der Waals surface area contributed by atoms with Crippen LogP contribution >= 0.6 is 0 Å². The molecule has 0 aliphatic carbocycles. The van der Waals surface area contributed by atoms with E-state index in [1.807, 2.05) is 6.07 Å². The molecule has 1 rings (SSSR count). The predicted octanol–water partition coefficient (Wildman–Crippen LogP) is 2.55. The molecule has 1 unspecified atom stereocenters. The minimum atomic E-state index is -0.605. The second-order valence-electron chi connectivity index (χ2n) is 4.02. The van der Waals surface area contributed by atoms with E-state index in [-0.39, 0.29) is 0 Å². The van der Waals surface area contributed by atoms with Crippen molar-refractivity contribution in [2.45, 2.75) is 25.9 Å². The lowest BCUT2D eigenvalue weighted by molar-refractivity contribution is 0.0809. The molecule has 0 radical (unpaired) electrons. The van der Waals surface area contributed by atoms with Gasteiger partial charge in [0.2, 0.25) is 0 Å². The molecule has 0 bridgehead atoms. The van der Waals surface area contributed by atoms with Gasteiger partial charge >= 0.3 is 0 Å². The van der Waals surface area contributed by atoms with Crippen LogP contribution in [0.4, 0.5) is 0 Å². The Morgan fingerprint density at radius 3 is 2.56 bits per heavy atom. The number of ether oxygens (including phenoxy) is 3. The number of hydrogen-bond acceptors (Lipinski definition) is 4. The maximum absolute atomic E-state index is 10.1. The molecule has 1 N–H and O–H groups in total. The summed E-state index contributed by atoms with van der Waals surface area (Å²) >= 11 is 0. The molecule has 1 aromatic carbocycles. The van der Waals surface area contributed by atoms with Gasteiger partial charge in [-0.05, 0) is 24.6 Å². The Bertz CT molecular complexity index is 352. The summed E-state index contributed by atoms with van der Waals surface area (Å²) in [5.74, 6) is 1.37. The van der Waals surface area contributed by atoms with Crippen LogP contribution in [-0.4, -0.2) is 32.5 Å². The van der Waals surface area contributed by atoms with Crippen LogP contribution in [0.15, 0.2) is 18.2 Å². The molecule has 102 valence electrons. The first kappa shape index (κ1) is 14.8. The average Bonchev–Trinajstić information content (AvgIpc) is 2.42. The topological polar surface area (TPSA) is 47.9 Å². The molecule has 18 heavy (non-hydrogen) atoms. The SMILES string of the molecule is CCCOCCC(O)c1cc(OC)ccc1OC. The molecule has 4 nitrogen and oxygen atoms in total. The summed E-state index contributed by atoms with van der Waals surface area (Å²) in [6.45, 7) is 3.32. The number of hydrogen-bond donors (Lipinski definition) is 1. The summed E-state index contributed by atoms with van der Waals surface area (Å²) in [6.07, 6.45) is 0.925. The van der Waals surface area contributed by atoms with Crippen LogP contribution in [0.5, 0.6) is 11.5 Å². The second-order valence-corrected chi connectivity index (χ2v) is 4.02. The van der Waals surface area contributed by atoms with Crippen molar-refractivity contribution < 1.29 is 19.3 Å². The van der Waals surface area contributed by atoms with E-state index in [4.69, 9.17) is 14.2 Å². The summed E-state index contributed by atoms with van der Waals surface area (Å²) in [6, 6.07) is 5.40. The standard InChI is InChI=1S/C14H22O4/c1-4-8-18-9-7-13(15)12-10-11(16-2)5-6-14(12)17-3/h5-6,10,13,15H,4,7-9H2,1-3H3. The fourth-order valence-corrected chi connectivity index (χ4v) is 1.70. The second kappa shape index (κ2) is 7.95. The molecule has 0 fully saturated rings. The minimum Gasteiger partial charge on any atom is -0.497 e. The van der Waals surface area contributed by atoms with Gasteiger partial charge in [0.1, 0.15) is 11.5 Å². The molecule has 0 aliphatic heterocycles. The van der Waals surface area contributed by atoms with Gasteiger partial charge in [0.15, 0.2) is 0 Å². The van der Waals surface area contributed by atoms with Gasteiger partial charge in [0.05, 0.1) is 20.3 Å². The Kier molecular flexibility index (Phi) is 6.54. The maximum atomic E-state index is 10.1. The zero-order valence-corrected chi connectivity index (χ0v) is 11.3. The molecule has 0 heterocycles. The van der Waals surface area contributed by atoms with Crippen molar-refractivity contribution in [3.05, 3.63) is 23.8 Å². The molecule has 1 atom stereocenters. The Hall–Kier alpha value is -1.26. The van der Waals surface area contributed by atoms with Crippen molar-refractivity contribution in [3.63, 3.8) is 0 Å². The summed E-state index contributed by atoms with van der Waals surface area (Å²) < 4.78 is 15.8. The summed E-state index contributed by atoms with van der Waals surface area (Å²) in [5.41, 5.74) is 0.733. The van der Waals surface area contributed by atoms with Crippen molar-refractivity contribution in [3.8, 4) is 11.5 Å². The maximum Gasteiger partial charge on any atom is 0.124 e. The first-order valence-corrected chi connectivity index (χ1v) is 6.20. The highest BCUT2D eigenvalue weighted by Gasteiger charge is 2.14. The number of benzene rings is 1. The van der Waals surface area contributed by atoms with Crippen LogP contribution in [0, 0.1) is 0 Å². The van der Waals surface area contributed by atoms with Crippen molar-refractivity contribution in [1.29, 1.82) is 0 Å². The molecule has 0 aliphatic rings. The zero-order valence-electron chi connectivity index (χ0n) is 11.3. The molecule has 0 saturated heterocycles. The van der Waals surface area contributed by atoms with E-state index in [9.17, 15) is 5.11 Å². The van der Waals surface area contributed by atoms with Crippen molar-refractivity contribution in [2.75, 3.05) is 27.4 Å². The van der Waals surface area contributed by atoms with E-state index in [0.717, 1.165) is 18.6 Å². The van der Waals surface area contributed by atoms with E-state index in [1.54, 1.807) is 26.4 Å². The van der Waals surface area contributed by atoms with Gasteiger partial charge in [-0.3, -0.25) is 0 Å². The quantitative estimate of drug-likeness (QED) is 0.724. The molecule has 0 aromatic heterocycles. The van der Waals surface area contributed by atoms with E-state index >= 15 is 0 Å². The normalized spacial score (nSPS) is 12.2. The molecule has 0 saturated carbocycles. The third-order valence-electron chi connectivity index (χ3n) is 2.68. The fourth-order valence-electron chi connectivity index (χ4n) is 1.70. The summed E-state index contributed by atoms with van der Waals surface area (Å²) in [5, 5.41) is 10.1. The lowest BCUT2D eigenvalue weighted by Gasteiger charge is -2.16. The van der Waals surface area contributed by atoms with Gasteiger partial charge in [-0.1, -0.05) is 6.92 Å². The van der Waals surface area contributed by atoms with Gasteiger partial charge in [0, 0.05) is 25.2 Å². The van der Waals surface area contributed by atoms with Crippen molar-refractivity contribution in [1.82, 2.24) is 0 Å². The Morgan fingerprint density at radius 1 is 1.17 bits per heavy atom. The Labute approximate surface area is 108 Å². The van der Waals surface area contributed by atoms with Crippen molar-refractivity contribution in [2.24, 2.45) is 0 Å². The van der Waals surface area contributed by atoms with Gasteiger partial charge in [-0.2, -0.15) is 0 Å². The zero-order chi connectivity index (χ0) is 13.4. The number of rotatable bonds is 8. The Balaban J connectivity index is 2.66. The molecule has 0 amide bonds. The summed E-state index contributed by atoms with van der Waals surface area (Å²) in [7, 11) is 3.19. The minimum absolute atomic E-state index is 0.537. The monoisotopic (exact) mass is 254 g/mol. The van der Waals surface area contributed by atoms with Gasteiger partial charge in [-0.25, -0.2) is 0 Å². The highest BCUT2D eigenvalue weighted by Crippen LogP contribution is 2.30. The van der Waals surface area contributed by atoms with Gasteiger partial charge in [-0.15, -0.1) is 0 Å². The van der Waals surface area contributed by atoms with Crippen LogP contribution in [0.2, 0.25) is 0 Å². The lowest BCUT2D eigenvalue weighted by atomic mass is 10.1. The summed E-state index contributed by atoms with van der Waals surface area (Å²) in [4.78, 5) is 0. The smallest absolute Gasteiger partial charge is 0.124 e. The van der Waals surface area contributed by atoms with E-state index in [1.165, 1.54) is 0 Å². The van der Waals surface area contributed by atoms with Gasteiger partial charge < -0.3 is 19.3 Å². The first-order valence-electron chi connectivity index (χ1n) is 6.20. The van der Waals surface area contributed by atoms with E-state index in [2.05, 4.69) is 6.92 Å². The van der Waals surface area contributed by atoms with Crippen molar-refractivity contribution >= 4 is 0 Å². The number of aliphatic hydroxyl groups is 1. The van der Waals surface area contributed by atoms with E-state index < -0.39 is 6.10 Å². The molecule has 0 spiro atoms.